The second-order valence-corrected chi connectivity index (χ2v) is 7.53. The predicted molar refractivity (Wildman–Crippen MR) is 71.1 cm³/mol. The molecule has 0 aliphatic carbocycles. The van der Waals surface area contributed by atoms with Crippen LogP contribution in [0.2, 0.25) is 0 Å². The molecule has 1 N–H and O–H groups in total. The minimum atomic E-state index is -0.921. The van der Waals surface area contributed by atoms with Crippen molar-refractivity contribution in [2.45, 2.75) is 41.8 Å². The van der Waals surface area contributed by atoms with Crippen molar-refractivity contribution in [3.63, 3.8) is 0 Å². The summed E-state index contributed by atoms with van der Waals surface area (Å²) in [4.78, 5) is 4.32. The molecule has 0 spiro atoms. The first-order chi connectivity index (χ1) is 9.17. The van der Waals surface area contributed by atoms with Crippen LogP contribution in [0.3, 0.4) is 0 Å². The Kier molecular flexibility index (Phi) is 2.35. The van der Waals surface area contributed by atoms with Crippen LogP contribution in [0, 0.1) is 0 Å². The lowest BCUT2D eigenvalue weighted by Crippen LogP contribution is -2.40. The molecule has 19 heavy (non-hydrogen) atoms. The van der Waals surface area contributed by atoms with Crippen LogP contribution in [0.5, 0.6) is 0 Å². The molecule has 2 aliphatic rings. The van der Waals surface area contributed by atoms with Crippen molar-refractivity contribution in [1.82, 2.24) is 14.6 Å². The molecule has 6 heteroatoms. The first kappa shape index (κ1) is 11.5. The van der Waals surface area contributed by atoms with E-state index in [1.54, 1.807) is 16.9 Å². The van der Waals surface area contributed by atoms with Crippen LogP contribution in [0.4, 0.5) is 0 Å². The summed E-state index contributed by atoms with van der Waals surface area (Å²) < 4.78 is 13.8. The smallest absolute Gasteiger partial charge is 0.160 e. The molecule has 2 unspecified atom stereocenters. The second kappa shape index (κ2) is 3.86. The zero-order chi connectivity index (χ0) is 13.0. The van der Waals surface area contributed by atoms with Crippen molar-refractivity contribution in [2.24, 2.45) is 0 Å². The SMILES string of the molecule is O=S1C2CCC1CC(O)(c1cnn3cccnc13)C2. The second-order valence-electron chi connectivity index (χ2n) is 5.54. The van der Waals surface area contributed by atoms with Crippen molar-refractivity contribution >= 4 is 16.4 Å². The summed E-state index contributed by atoms with van der Waals surface area (Å²) in [6.45, 7) is 0. The summed E-state index contributed by atoms with van der Waals surface area (Å²) in [6, 6.07) is 1.81. The Labute approximate surface area is 113 Å². The molecular weight excluding hydrogens is 262 g/mol. The van der Waals surface area contributed by atoms with Gasteiger partial charge >= 0.3 is 0 Å². The standard InChI is InChI=1S/C13H15N3O2S/c17-13(6-9-2-3-10(7-13)19(9)18)11-8-15-16-5-1-4-14-12(11)16/h1,4-5,8-10,17H,2-3,6-7H2. The molecule has 4 rings (SSSR count). The Hall–Kier alpha value is -1.27. The molecule has 0 aromatic carbocycles. The Bertz CT molecular complexity index is 653. The lowest BCUT2D eigenvalue weighted by Gasteiger charge is -2.35. The van der Waals surface area contributed by atoms with Gasteiger partial charge in [0.1, 0.15) is 0 Å². The van der Waals surface area contributed by atoms with Gasteiger partial charge in [-0.25, -0.2) is 9.50 Å². The number of aliphatic hydroxyl groups is 1. The van der Waals surface area contributed by atoms with Gasteiger partial charge in [0.2, 0.25) is 0 Å². The third kappa shape index (κ3) is 1.59. The highest BCUT2D eigenvalue weighted by Crippen LogP contribution is 2.46. The first-order valence-corrected chi connectivity index (χ1v) is 7.86. The Balaban J connectivity index is 1.81. The van der Waals surface area contributed by atoms with Crippen molar-refractivity contribution < 1.29 is 9.32 Å². The van der Waals surface area contributed by atoms with Gasteiger partial charge in [-0.1, -0.05) is 0 Å². The number of hydrogen-bond acceptors (Lipinski definition) is 4. The summed E-state index contributed by atoms with van der Waals surface area (Å²) in [7, 11) is -0.768. The zero-order valence-corrected chi connectivity index (χ0v) is 11.2. The van der Waals surface area contributed by atoms with E-state index in [-0.39, 0.29) is 10.5 Å². The highest BCUT2D eigenvalue weighted by atomic mass is 32.2. The normalized spacial score (nSPS) is 37.8. The van der Waals surface area contributed by atoms with Gasteiger partial charge < -0.3 is 5.11 Å². The van der Waals surface area contributed by atoms with Gasteiger partial charge in [0.05, 0.1) is 11.8 Å². The average Bonchev–Trinajstić information content (AvgIpc) is 2.92. The molecule has 4 heterocycles. The fourth-order valence-electron chi connectivity index (χ4n) is 3.46. The minimum Gasteiger partial charge on any atom is -0.385 e. The summed E-state index contributed by atoms with van der Waals surface area (Å²) in [6.07, 6.45) is 8.29. The van der Waals surface area contributed by atoms with Gasteiger partial charge in [0.25, 0.3) is 0 Å². The van der Waals surface area contributed by atoms with E-state index in [4.69, 9.17) is 0 Å². The maximum atomic E-state index is 12.1. The summed E-state index contributed by atoms with van der Waals surface area (Å²) >= 11 is 0. The lowest BCUT2D eigenvalue weighted by molar-refractivity contribution is 0.0197. The molecule has 0 amide bonds. The van der Waals surface area contributed by atoms with E-state index in [9.17, 15) is 9.32 Å². The zero-order valence-electron chi connectivity index (χ0n) is 10.4. The molecule has 2 saturated heterocycles. The van der Waals surface area contributed by atoms with E-state index in [2.05, 4.69) is 10.1 Å². The monoisotopic (exact) mass is 277 g/mol. The topological polar surface area (TPSA) is 67.5 Å². The Morgan fingerprint density at radius 1 is 1.37 bits per heavy atom. The average molecular weight is 277 g/mol. The molecule has 5 nitrogen and oxygen atoms in total. The van der Waals surface area contributed by atoms with Gasteiger partial charge in [-0.15, -0.1) is 0 Å². The molecule has 2 aromatic heterocycles. The fraction of sp³-hybridized carbons (Fsp3) is 0.538. The molecule has 0 saturated carbocycles. The van der Waals surface area contributed by atoms with Crippen molar-refractivity contribution in [3.8, 4) is 0 Å². The molecule has 2 aliphatic heterocycles. The lowest BCUT2D eigenvalue weighted by atomic mass is 9.87. The maximum absolute atomic E-state index is 12.1. The largest absolute Gasteiger partial charge is 0.385 e. The summed E-state index contributed by atoms with van der Waals surface area (Å²) in [5.74, 6) is 0. The highest BCUT2D eigenvalue weighted by molar-refractivity contribution is 7.86. The molecular formula is C13H15N3O2S. The van der Waals surface area contributed by atoms with Crippen LogP contribution in [0.15, 0.2) is 24.7 Å². The van der Waals surface area contributed by atoms with Crippen molar-refractivity contribution in [1.29, 1.82) is 0 Å². The Morgan fingerprint density at radius 2 is 2.11 bits per heavy atom. The van der Waals surface area contributed by atoms with E-state index in [0.29, 0.717) is 18.5 Å². The van der Waals surface area contributed by atoms with Crippen LogP contribution >= 0.6 is 0 Å². The highest BCUT2D eigenvalue weighted by Gasteiger charge is 2.49. The molecule has 2 fully saturated rings. The molecule has 2 atom stereocenters. The van der Waals surface area contributed by atoms with Gasteiger partial charge in [0.15, 0.2) is 5.65 Å². The number of nitrogens with zero attached hydrogens (tertiary/aromatic N) is 3. The Morgan fingerprint density at radius 3 is 2.84 bits per heavy atom. The minimum absolute atomic E-state index is 0.127. The number of aromatic nitrogens is 3. The van der Waals surface area contributed by atoms with E-state index in [0.717, 1.165) is 18.4 Å². The molecule has 100 valence electrons. The molecule has 0 radical (unpaired) electrons. The van der Waals surface area contributed by atoms with E-state index in [1.807, 2.05) is 12.3 Å². The predicted octanol–water partition coefficient (Wildman–Crippen LogP) is 0.990. The van der Waals surface area contributed by atoms with Crippen LogP contribution in [0.1, 0.15) is 31.2 Å². The fourth-order valence-corrected chi connectivity index (χ4v) is 5.62. The van der Waals surface area contributed by atoms with E-state index in [1.165, 1.54) is 0 Å². The molecule has 2 aromatic rings. The number of fused-ring (bicyclic) bond motifs is 3. The third-order valence-corrected chi connectivity index (χ3v) is 6.50. The van der Waals surface area contributed by atoms with Gasteiger partial charge in [0, 0.05) is 39.3 Å². The van der Waals surface area contributed by atoms with Gasteiger partial charge in [-0.3, -0.25) is 4.21 Å². The van der Waals surface area contributed by atoms with Crippen molar-refractivity contribution in [3.05, 3.63) is 30.2 Å². The number of hydrogen-bond donors (Lipinski definition) is 1. The molecule has 2 bridgehead atoms. The maximum Gasteiger partial charge on any atom is 0.160 e. The van der Waals surface area contributed by atoms with Crippen LogP contribution in [-0.2, 0) is 16.4 Å². The van der Waals surface area contributed by atoms with Crippen LogP contribution in [-0.4, -0.2) is 34.4 Å². The third-order valence-electron chi connectivity index (χ3n) is 4.38. The van der Waals surface area contributed by atoms with E-state index < -0.39 is 16.4 Å². The van der Waals surface area contributed by atoms with Crippen LogP contribution < -0.4 is 0 Å². The number of rotatable bonds is 1. The quantitative estimate of drug-likeness (QED) is 0.844. The van der Waals surface area contributed by atoms with Crippen LogP contribution in [0.25, 0.3) is 5.65 Å². The summed E-state index contributed by atoms with van der Waals surface area (Å²) in [5, 5.41) is 15.5. The van der Waals surface area contributed by atoms with Crippen molar-refractivity contribution in [2.75, 3.05) is 0 Å². The summed E-state index contributed by atoms with van der Waals surface area (Å²) in [5.41, 5.74) is 0.564. The van der Waals surface area contributed by atoms with Gasteiger partial charge in [-0.05, 0) is 31.7 Å². The van der Waals surface area contributed by atoms with E-state index >= 15 is 0 Å². The van der Waals surface area contributed by atoms with Gasteiger partial charge in [-0.2, -0.15) is 5.10 Å². The first-order valence-electron chi connectivity index (χ1n) is 6.58.